The Morgan fingerprint density at radius 1 is 1.20 bits per heavy atom. The van der Waals surface area contributed by atoms with Crippen molar-refractivity contribution in [3.63, 3.8) is 0 Å². The van der Waals surface area contributed by atoms with Gasteiger partial charge in [-0.3, -0.25) is 9.36 Å². The van der Waals surface area contributed by atoms with Crippen LogP contribution in [0.15, 0.2) is 21.7 Å². The molecule has 1 saturated carbocycles. The molecule has 2 aromatic rings. The summed E-state index contributed by atoms with van der Waals surface area (Å²) in [7, 11) is 0. The van der Waals surface area contributed by atoms with E-state index in [0.29, 0.717) is 11.3 Å². The lowest BCUT2D eigenvalue weighted by atomic mass is 10.0. The summed E-state index contributed by atoms with van der Waals surface area (Å²) in [5, 5.41) is 0.512. The van der Waals surface area contributed by atoms with Crippen molar-refractivity contribution >= 4 is 16.6 Å². The molecule has 2 fully saturated rings. The van der Waals surface area contributed by atoms with Crippen LogP contribution in [0.1, 0.15) is 37.8 Å². The first-order valence-corrected chi connectivity index (χ1v) is 8.96. The molecule has 7 nitrogen and oxygen atoms in total. The molecule has 4 N–H and O–H groups in total. The van der Waals surface area contributed by atoms with E-state index in [1.807, 2.05) is 13.0 Å². The molecule has 2 aliphatic rings. The highest BCUT2D eigenvalue weighted by molar-refractivity contribution is 5.87. The summed E-state index contributed by atoms with van der Waals surface area (Å²) in [6.07, 6.45) is 2.97. The van der Waals surface area contributed by atoms with Gasteiger partial charge in [-0.25, -0.2) is 4.79 Å². The maximum atomic E-state index is 12.6. The summed E-state index contributed by atoms with van der Waals surface area (Å²) in [6, 6.07) is 4.10. The Labute approximate surface area is 145 Å². The van der Waals surface area contributed by atoms with E-state index in [2.05, 4.69) is 11.8 Å². The molecule has 134 valence electrons. The molecule has 1 saturated heterocycles. The van der Waals surface area contributed by atoms with Gasteiger partial charge in [0.25, 0.3) is 5.56 Å². The lowest BCUT2D eigenvalue weighted by Gasteiger charge is -2.24. The van der Waals surface area contributed by atoms with Gasteiger partial charge in [-0.15, -0.1) is 0 Å². The normalized spacial score (nSPS) is 21.9. The molecule has 1 aliphatic heterocycles. The van der Waals surface area contributed by atoms with Crippen LogP contribution in [0.3, 0.4) is 0 Å². The van der Waals surface area contributed by atoms with E-state index in [4.69, 9.17) is 11.6 Å². The van der Waals surface area contributed by atoms with E-state index in [-0.39, 0.29) is 12.1 Å². The van der Waals surface area contributed by atoms with Crippen molar-refractivity contribution in [3.8, 4) is 0 Å². The van der Waals surface area contributed by atoms with Crippen molar-refractivity contribution in [2.24, 2.45) is 11.7 Å². The number of fused-ring (bicyclic) bond motifs is 1. The Bertz CT molecular complexity index is 955. The predicted octanol–water partition coefficient (Wildman–Crippen LogP) is 0.694. The zero-order valence-electron chi connectivity index (χ0n) is 14.7. The molecular formula is C18H25N5O2. The molecule has 7 heteroatoms. The van der Waals surface area contributed by atoms with Crippen molar-refractivity contribution in [2.75, 3.05) is 23.8 Å². The fourth-order valence-electron chi connectivity index (χ4n) is 4.05. The third-order valence-corrected chi connectivity index (χ3v) is 5.73. The number of rotatable bonds is 3. The average Bonchev–Trinajstić information content (AvgIpc) is 3.29. The number of aromatic nitrogens is 2. The highest BCUT2D eigenvalue weighted by Crippen LogP contribution is 2.38. The summed E-state index contributed by atoms with van der Waals surface area (Å²) >= 11 is 0. The van der Waals surface area contributed by atoms with Crippen molar-refractivity contribution < 1.29 is 0 Å². The van der Waals surface area contributed by atoms with E-state index in [0.717, 1.165) is 53.8 Å². The standard InChI is InChI=1S/C18H25N5O2/c1-10-15(21-8-7-12(9-21)11(2)19)6-5-14-16(10)22(13-3-4-13)18(25)23(20)17(14)24/h5-6,11-13H,3-4,7-9,19-20H2,1-2H3/t11-,12-/m1/s1. The zero-order chi connectivity index (χ0) is 17.9. The highest BCUT2D eigenvalue weighted by Gasteiger charge is 2.31. The summed E-state index contributed by atoms with van der Waals surface area (Å²) in [6.45, 7) is 5.90. The van der Waals surface area contributed by atoms with Gasteiger partial charge in [0.05, 0.1) is 10.9 Å². The van der Waals surface area contributed by atoms with Gasteiger partial charge in [0.2, 0.25) is 0 Å². The smallest absolute Gasteiger partial charge is 0.350 e. The van der Waals surface area contributed by atoms with Crippen LogP contribution >= 0.6 is 0 Å². The van der Waals surface area contributed by atoms with Gasteiger partial charge in [0, 0.05) is 30.9 Å². The first-order valence-electron chi connectivity index (χ1n) is 8.96. The van der Waals surface area contributed by atoms with Crippen LogP contribution in [0.25, 0.3) is 10.9 Å². The third kappa shape index (κ3) is 2.45. The van der Waals surface area contributed by atoms with Crippen LogP contribution < -0.4 is 27.7 Å². The fourth-order valence-corrected chi connectivity index (χ4v) is 4.05. The maximum Gasteiger partial charge on any atom is 0.350 e. The quantitative estimate of drug-likeness (QED) is 0.799. The summed E-state index contributed by atoms with van der Waals surface area (Å²) in [4.78, 5) is 27.4. The third-order valence-electron chi connectivity index (χ3n) is 5.73. The number of anilines is 1. The fraction of sp³-hybridized carbons (Fsp3) is 0.556. The molecule has 2 heterocycles. The van der Waals surface area contributed by atoms with Gasteiger partial charge >= 0.3 is 5.69 Å². The molecule has 1 aliphatic carbocycles. The van der Waals surface area contributed by atoms with Crippen molar-refractivity contribution in [3.05, 3.63) is 38.5 Å². The van der Waals surface area contributed by atoms with Crippen molar-refractivity contribution in [2.45, 2.75) is 45.2 Å². The van der Waals surface area contributed by atoms with Gasteiger partial charge in [-0.05, 0) is 56.7 Å². The second-order valence-corrected chi connectivity index (χ2v) is 7.52. The minimum atomic E-state index is -0.429. The number of hydrogen-bond donors (Lipinski definition) is 2. The van der Waals surface area contributed by atoms with Crippen LogP contribution in [-0.2, 0) is 0 Å². The molecule has 0 spiro atoms. The molecule has 0 amide bonds. The Hall–Kier alpha value is -2.28. The molecule has 0 unspecified atom stereocenters. The molecule has 0 radical (unpaired) electrons. The maximum absolute atomic E-state index is 12.6. The van der Waals surface area contributed by atoms with Gasteiger partial charge in [-0.2, -0.15) is 4.68 Å². The first kappa shape index (κ1) is 16.2. The molecule has 4 rings (SSSR count). The van der Waals surface area contributed by atoms with Crippen LogP contribution in [0.4, 0.5) is 5.69 Å². The molecular weight excluding hydrogens is 318 g/mol. The average molecular weight is 343 g/mol. The number of nitrogen functional groups attached to an aromatic ring is 1. The van der Waals surface area contributed by atoms with Crippen LogP contribution in [0, 0.1) is 12.8 Å². The second-order valence-electron chi connectivity index (χ2n) is 7.52. The lowest BCUT2D eigenvalue weighted by Crippen LogP contribution is -2.44. The van der Waals surface area contributed by atoms with Crippen LogP contribution in [-0.4, -0.2) is 28.4 Å². The Morgan fingerprint density at radius 3 is 2.52 bits per heavy atom. The van der Waals surface area contributed by atoms with Gasteiger partial charge in [-0.1, -0.05) is 0 Å². The summed E-state index contributed by atoms with van der Waals surface area (Å²) in [5.41, 5.74) is 8.01. The summed E-state index contributed by atoms with van der Waals surface area (Å²) < 4.78 is 2.45. The summed E-state index contributed by atoms with van der Waals surface area (Å²) in [5.74, 6) is 6.19. The lowest BCUT2D eigenvalue weighted by molar-refractivity contribution is 0.488. The Kier molecular flexibility index (Phi) is 3.64. The Balaban J connectivity index is 1.91. The van der Waals surface area contributed by atoms with Gasteiger partial charge < -0.3 is 16.5 Å². The van der Waals surface area contributed by atoms with Gasteiger partial charge in [0.1, 0.15) is 0 Å². The SMILES string of the molecule is Cc1c(N2CC[C@@H]([C@@H](C)N)C2)ccc2c(=O)n(N)c(=O)n(C3CC3)c12. The topological polar surface area (TPSA) is 99.3 Å². The molecule has 1 aromatic heterocycles. The number of benzene rings is 1. The molecule has 1 aromatic carbocycles. The van der Waals surface area contributed by atoms with E-state index in [1.165, 1.54) is 0 Å². The number of hydrogen-bond acceptors (Lipinski definition) is 5. The van der Waals surface area contributed by atoms with E-state index >= 15 is 0 Å². The van der Waals surface area contributed by atoms with Crippen LogP contribution in [0.5, 0.6) is 0 Å². The minimum absolute atomic E-state index is 0.148. The van der Waals surface area contributed by atoms with Crippen molar-refractivity contribution in [1.82, 2.24) is 9.24 Å². The highest BCUT2D eigenvalue weighted by atomic mass is 16.2. The van der Waals surface area contributed by atoms with E-state index in [1.54, 1.807) is 10.6 Å². The number of aryl methyl sites for hydroxylation is 1. The van der Waals surface area contributed by atoms with Gasteiger partial charge in [0.15, 0.2) is 0 Å². The van der Waals surface area contributed by atoms with E-state index in [9.17, 15) is 9.59 Å². The first-order chi connectivity index (χ1) is 11.9. The monoisotopic (exact) mass is 343 g/mol. The number of nitrogens with zero attached hydrogens (tertiary/aromatic N) is 3. The van der Waals surface area contributed by atoms with Crippen molar-refractivity contribution in [1.29, 1.82) is 0 Å². The van der Waals surface area contributed by atoms with Crippen LogP contribution in [0.2, 0.25) is 0 Å². The minimum Gasteiger partial charge on any atom is -0.371 e. The zero-order valence-corrected chi connectivity index (χ0v) is 14.7. The predicted molar refractivity (Wildman–Crippen MR) is 99.6 cm³/mol. The largest absolute Gasteiger partial charge is 0.371 e. The Morgan fingerprint density at radius 2 is 1.92 bits per heavy atom. The van der Waals surface area contributed by atoms with E-state index < -0.39 is 11.2 Å². The molecule has 25 heavy (non-hydrogen) atoms. The second kappa shape index (κ2) is 5.62. The molecule has 2 atom stereocenters. The number of nitrogens with two attached hydrogens (primary N) is 2. The molecule has 0 bridgehead atoms.